The van der Waals surface area contributed by atoms with Crippen LogP contribution in [0, 0.1) is 11.8 Å². The van der Waals surface area contributed by atoms with Gasteiger partial charge in [-0.3, -0.25) is 14.4 Å². The number of ether oxygens (including phenoxy) is 1. The molecule has 0 unspecified atom stereocenters. The van der Waals surface area contributed by atoms with Crippen LogP contribution in [0.3, 0.4) is 0 Å². The third-order valence-corrected chi connectivity index (χ3v) is 5.11. The number of aromatic nitrogens is 2. The van der Waals surface area contributed by atoms with Crippen LogP contribution >= 0.6 is 0 Å². The van der Waals surface area contributed by atoms with Crippen molar-refractivity contribution in [1.82, 2.24) is 14.7 Å². The van der Waals surface area contributed by atoms with E-state index in [0.29, 0.717) is 25.6 Å². The van der Waals surface area contributed by atoms with Crippen molar-refractivity contribution in [1.29, 1.82) is 0 Å². The summed E-state index contributed by atoms with van der Waals surface area (Å²) in [5.41, 5.74) is 1.19. The van der Waals surface area contributed by atoms with Gasteiger partial charge in [0.1, 0.15) is 5.60 Å². The van der Waals surface area contributed by atoms with Crippen molar-refractivity contribution in [3.63, 3.8) is 0 Å². The zero-order valence-electron chi connectivity index (χ0n) is 15.9. The number of anilines is 1. The van der Waals surface area contributed by atoms with E-state index in [1.54, 1.807) is 11.1 Å². The largest absolute Gasteiger partial charge is 0.444 e. The Bertz CT molecular complexity index is 691. The summed E-state index contributed by atoms with van der Waals surface area (Å²) >= 11 is 0. The molecule has 25 heavy (non-hydrogen) atoms. The number of carbonyl (C=O) groups is 2. The van der Waals surface area contributed by atoms with Crippen molar-refractivity contribution in [3.8, 4) is 0 Å². The van der Waals surface area contributed by atoms with Gasteiger partial charge in [0.05, 0.1) is 36.7 Å². The molecule has 1 aromatic heterocycles. The Morgan fingerprint density at radius 2 is 1.92 bits per heavy atom. The lowest BCUT2D eigenvalue weighted by Gasteiger charge is -2.36. The Balaban J connectivity index is 1.86. The number of carbonyl (C=O) groups excluding carboxylic acids is 2. The van der Waals surface area contributed by atoms with E-state index in [1.165, 1.54) is 0 Å². The SMILES string of the molecule is C[C@@H]1CN(c2cnn3c2CN(C(=O)OC(C)(C)C)[C@@H](C)C3)C(=O)[C@H]1C. The van der Waals surface area contributed by atoms with Gasteiger partial charge in [0.25, 0.3) is 0 Å². The zero-order chi connectivity index (χ0) is 18.5. The van der Waals surface area contributed by atoms with Gasteiger partial charge in [-0.1, -0.05) is 13.8 Å². The summed E-state index contributed by atoms with van der Waals surface area (Å²) in [5, 5.41) is 4.45. The monoisotopic (exact) mass is 348 g/mol. The molecule has 0 N–H and O–H groups in total. The summed E-state index contributed by atoms with van der Waals surface area (Å²) in [6.07, 6.45) is 1.43. The molecule has 0 radical (unpaired) electrons. The molecule has 2 aliphatic rings. The predicted octanol–water partition coefficient (Wildman–Crippen LogP) is 2.64. The number of amides is 2. The molecule has 1 fully saturated rings. The van der Waals surface area contributed by atoms with Gasteiger partial charge in [0, 0.05) is 12.5 Å². The summed E-state index contributed by atoms with van der Waals surface area (Å²) in [4.78, 5) is 28.6. The van der Waals surface area contributed by atoms with E-state index in [-0.39, 0.29) is 24.0 Å². The van der Waals surface area contributed by atoms with Crippen molar-refractivity contribution < 1.29 is 14.3 Å². The molecule has 0 saturated carbocycles. The van der Waals surface area contributed by atoms with Gasteiger partial charge in [-0.15, -0.1) is 0 Å². The van der Waals surface area contributed by atoms with Crippen LogP contribution in [0.5, 0.6) is 0 Å². The van der Waals surface area contributed by atoms with E-state index in [0.717, 1.165) is 11.4 Å². The molecule has 7 heteroatoms. The van der Waals surface area contributed by atoms with E-state index < -0.39 is 5.60 Å². The van der Waals surface area contributed by atoms with E-state index in [1.807, 2.05) is 44.2 Å². The minimum absolute atomic E-state index is 0.0118. The van der Waals surface area contributed by atoms with E-state index >= 15 is 0 Å². The molecule has 1 saturated heterocycles. The molecule has 0 aliphatic carbocycles. The number of fused-ring (bicyclic) bond motifs is 1. The third-order valence-electron chi connectivity index (χ3n) is 5.11. The van der Waals surface area contributed by atoms with Gasteiger partial charge in [0.15, 0.2) is 0 Å². The average molecular weight is 348 g/mol. The predicted molar refractivity (Wildman–Crippen MR) is 94.1 cm³/mol. The number of nitrogens with zero attached hydrogens (tertiary/aromatic N) is 4. The van der Waals surface area contributed by atoms with Crippen molar-refractivity contribution in [2.75, 3.05) is 11.4 Å². The fourth-order valence-electron chi connectivity index (χ4n) is 3.42. The highest BCUT2D eigenvalue weighted by Crippen LogP contribution is 2.34. The van der Waals surface area contributed by atoms with Crippen LogP contribution in [0.4, 0.5) is 10.5 Å². The molecule has 3 heterocycles. The standard InChI is InChI=1S/C18H28N4O3/c1-11-8-21(16(23)13(11)3)14-7-19-22-9-12(2)20(10-15(14)22)17(24)25-18(4,5)6/h7,11-13H,8-10H2,1-6H3/t11-,12+,13+/m1/s1. The first kappa shape index (κ1) is 17.8. The number of rotatable bonds is 1. The van der Waals surface area contributed by atoms with Gasteiger partial charge < -0.3 is 9.64 Å². The fraction of sp³-hybridized carbons (Fsp3) is 0.722. The van der Waals surface area contributed by atoms with Crippen LogP contribution in [0.15, 0.2) is 6.20 Å². The Morgan fingerprint density at radius 3 is 2.48 bits per heavy atom. The highest BCUT2D eigenvalue weighted by atomic mass is 16.6. The molecule has 1 aromatic rings. The minimum atomic E-state index is -0.535. The van der Waals surface area contributed by atoms with Crippen molar-refractivity contribution in [2.45, 2.75) is 66.3 Å². The van der Waals surface area contributed by atoms with Crippen LogP contribution in [0.1, 0.15) is 47.2 Å². The highest BCUT2D eigenvalue weighted by molar-refractivity contribution is 5.97. The molecular weight excluding hydrogens is 320 g/mol. The number of hydrogen-bond donors (Lipinski definition) is 0. The molecule has 2 amide bonds. The smallest absolute Gasteiger partial charge is 0.410 e. The minimum Gasteiger partial charge on any atom is -0.444 e. The maximum atomic E-state index is 12.6. The van der Waals surface area contributed by atoms with Crippen molar-refractivity contribution in [2.24, 2.45) is 11.8 Å². The maximum Gasteiger partial charge on any atom is 0.410 e. The summed E-state index contributed by atoms with van der Waals surface area (Å²) in [6.45, 7) is 13.3. The normalized spacial score (nSPS) is 26.8. The lowest BCUT2D eigenvalue weighted by atomic mass is 10.0. The van der Waals surface area contributed by atoms with Crippen LogP contribution in [-0.2, 0) is 22.6 Å². The zero-order valence-corrected chi connectivity index (χ0v) is 15.9. The Labute approximate surface area is 148 Å². The second-order valence-corrected chi connectivity index (χ2v) is 8.33. The molecular formula is C18H28N4O3. The van der Waals surface area contributed by atoms with Crippen molar-refractivity contribution in [3.05, 3.63) is 11.9 Å². The lowest BCUT2D eigenvalue weighted by molar-refractivity contribution is -0.120. The van der Waals surface area contributed by atoms with E-state index in [9.17, 15) is 9.59 Å². The molecule has 0 aromatic carbocycles. The summed E-state index contributed by atoms with van der Waals surface area (Å²) in [6, 6.07) is -0.0118. The molecule has 2 aliphatic heterocycles. The topological polar surface area (TPSA) is 67.7 Å². The molecule has 7 nitrogen and oxygen atoms in total. The van der Waals surface area contributed by atoms with E-state index in [4.69, 9.17) is 4.74 Å². The first-order chi connectivity index (χ1) is 11.6. The second-order valence-electron chi connectivity index (χ2n) is 8.33. The van der Waals surface area contributed by atoms with Crippen LogP contribution < -0.4 is 4.90 Å². The lowest BCUT2D eigenvalue weighted by Crippen LogP contribution is -2.47. The van der Waals surface area contributed by atoms with E-state index in [2.05, 4.69) is 12.0 Å². The molecule has 3 atom stereocenters. The van der Waals surface area contributed by atoms with Crippen LogP contribution in [0.2, 0.25) is 0 Å². The van der Waals surface area contributed by atoms with Gasteiger partial charge in [0.2, 0.25) is 5.91 Å². The molecule has 0 bridgehead atoms. The Morgan fingerprint density at radius 1 is 1.24 bits per heavy atom. The Hall–Kier alpha value is -2.05. The fourth-order valence-corrected chi connectivity index (χ4v) is 3.42. The average Bonchev–Trinajstić information content (AvgIpc) is 3.00. The highest BCUT2D eigenvalue weighted by Gasteiger charge is 2.39. The first-order valence-corrected chi connectivity index (χ1v) is 8.94. The number of hydrogen-bond acceptors (Lipinski definition) is 4. The Kier molecular flexibility index (Phi) is 4.29. The molecule has 0 spiro atoms. The van der Waals surface area contributed by atoms with Crippen molar-refractivity contribution >= 4 is 17.7 Å². The van der Waals surface area contributed by atoms with Gasteiger partial charge in [-0.25, -0.2) is 4.79 Å². The quantitative estimate of drug-likeness (QED) is 0.782. The van der Waals surface area contributed by atoms with Crippen LogP contribution in [-0.4, -0.2) is 44.9 Å². The third kappa shape index (κ3) is 3.24. The van der Waals surface area contributed by atoms with Gasteiger partial charge in [-0.2, -0.15) is 5.10 Å². The summed E-state index contributed by atoms with van der Waals surface area (Å²) in [7, 11) is 0. The van der Waals surface area contributed by atoms with Crippen LogP contribution in [0.25, 0.3) is 0 Å². The first-order valence-electron chi connectivity index (χ1n) is 8.94. The maximum absolute atomic E-state index is 12.6. The summed E-state index contributed by atoms with van der Waals surface area (Å²) in [5.74, 6) is 0.457. The second kappa shape index (κ2) is 6.04. The summed E-state index contributed by atoms with van der Waals surface area (Å²) < 4.78 is 7.44. The van der Waals surface area contributed by atoms with Gasteiger partial charge in [-0.05, 0) is 33.6 Å². The molecule has 3 rings (SSSR count). The molecule has 138 valence electrons. The van der Waals surface area contributed by atoms with Gasteiger partial charge >= 0.3 is 6.09 Å².